The van der Waals surface area contributed by atoms with Crippen LogP contribution in [0.15, 0.2) is 94.8 Å². The number of carboxylic acid groups (broad SMARTS) is 3. The number of likely N-dealkylation sites (N-methyl/N-ethyl adjacent to an activating group) is 1. The fourth-order valence-corrected chi connectivity index (χ4v) is 19.4. The van der Waals surface area contributed by atoms with E-state index >= 15 is 0 Å². The van der Waals surface area contributed by atoms with Gasteiger partial charge in [0.1, 0.15) is 48.0 Å². The first-order chi connectivity index (χ1) is 53.2. The molecular formula is C69H92N9O29P3S4. The standard InChI is InChI=1S/C69H92N9O29P3S4/c1-6-76-51-28-26-44(113(98,99)100)33-46(51)68(2,3)56(76)22-12-9-13-23-57-69(4,5)47-34-45(114(101,102)103)27-29-52(47)77(57)31-18-10-15-25-59(83)74-50(53(80)21-11-7-8-14-24-58(82)73-48(35-61(84)85)66(88)75-49(67(89)90)36-62(86)87)40-112-111-32-30-43(79)20-17-16-19-42-38-78(65-63(42)64(70)71-41-72-65)60-37-54(81)55(105-60)39-104-109(94,95)107-110(96,97)106-108(91,92)93/h9,12-13,22-23,26-29,33-34,38,41,48-50,54-56,60,81H,6-8,10-11,14-15,17-18,20-21,24-25,30-32,35-37,39-40H2,1-5H3,(H,73,82)(H,74,83)(H,75,88)(H,84,85)(H,86,87)(H,89,90)(H,94,95)(H,96,97)(H2,70,71,72)(H2,91,92,93)(H,98,99,100)(H,101,102,103)/b13-9+,22-12+,57-23+/t48?,49?,50?,54?,55-,56?,60-/m1/s1. The largest absolute Gasteiger partial charge is 0.490 e. The number of carbonyl (C=O) groups excluding carboxylic acids is 5. The average Bonchev–Trinajstić information content (AvgIpc) is 1.59. The summed E-state index contributed by atoms with van der Waals surface area (Å²) in [7, 11) is -23.5. The molecule has 0 bridgehead atoms. The van der Waals surface area contributed by atoms with Crippen LogP contribution in [0.4, 0.5) is 17.2 Å². The highest BCUT2D eigenvalue weighted by molar-refractivity contribution is 8.76. The van der Waals surface area contributed by atoms with Crippen molar-refractivity contribution in [3.05, 3.63) is 102 Å². The Morgan fingerprint density at radius 3 is 1.96 bits per heavy atom. The molecule has 114 heavy (non-hydrogen) atoms. The number of phosphoric ester groups is 1. The number of fused-ring (bicyclic) bond motifs is 3. The SMILES string of the molecule is CCN1c2ccc(S(=O)(=O)O)cc2C(C)(C)C1/C=C/C=C/C=C1/N(CCCCCC(=O)NC(CSSCCC(=O)CCC#Cc2cn([C@H]3CC(O)[C@@H](COP(=O)(O)OP(=O)(O)OP(=O)(O)O)O3)c3ncnc(N)c23)C(=O)CCCCCCC(=O)NC(CC(=O)O)C(=O)NC(CC(=O)O)C(=O)O)c2ccc(S(=O)(=O)O)cc2C1(C)C. The number of benzene rings is 2. The van der Waals surface area contributed by atoms with Gasteiger partial charge in [-0.15, -0.1) is 0 Å². The van der Waals surface area contributed by atoms with Crippen molar-refractivity contribution in [2.75, 3.05) is 46.7 Å². The van der Waals surface area contributed by atoms with Gasteiger partial charge in [-0.2, -0.15) is 25.5 Å². The average molecular weight is 1730 g/mol. The summed E-state index contributed by atoms with van der Waals surface area (Å²) in [6.45, 7) is 9.92. The van der Waals surface area contributed by atoms with Crippen LogP contribution in [0.1, 0.15) is 160 Å². The Bertz CT molecular complexity index is 4810. The Hall–Kier alpha value is -7.75. The minimum atomic E-state index is -5.83. The van der Waals surface area contributed by atoms with E-state index in [4.69, 9.17) is 25.4 Å². The number of ketones is 2. The second kappa shape index (κ2) is 40.4. The molecule has 2 aromatic heterocycles. The molecule has 0 radical (unpaired) electrons. The van der Waals surface area contributed by atoms with Gasteiger partial charge in [-0.3, -0.25) is 47.2 Å². The number of Topliss-reactive ketones (excluding diaryl/α,β-unsaturated/α-hetero) is 2. The van der Waals surface area contributed by atoms with Crippen LogP contribution in [0.5, 0.6) is 0 Å². The Balaban J connectivity index is 0.950. The van der Waals surface area contributed by atoms with Crippen molar-refractivity contribution in [1.29, 1.82) is 0 Å². The number of nitrogens with two attached hydrogens (primary N) is 1. The second-order valence-electron chi connectivity index (χ2n) is 27.8. The molecule has 7 rings (SSSR count). The first kappa shape index (κ1) is 93.4. The van der Waals surface area contributed by atoms with Crippen molar-refractivity contribution >= 4 is 141 Å². The zero-order chi connectivity index (χ0) is 84.5. The van der Waals surface area contributed by atoms with Crippen LogP contribution >= 0.6 is 45.1 Å². The minimum Gasteiger partial charge on any atom is -0.481 e. The molecule has 0 aliphatic carbocycles. The number of carbonyl (C=O) groups is 8. The predicted molar refractivity (Wildman–Crippen MR) is 415 cm³/mol. The number of aliphatic hydroxyl groups excluding tert-OH is 1. The first-order valence-electron chi connectivity index (χ1n) is 35.6. The van der Waals surface area contributed by atoms with E-state index in [-0.39, 0.29) is 101 Å². The highest BCUT2D eigenvalue weighted by Gasteiger charge is 2.46. The van der Waals surface area contributed by atoms with E-state index in [1.165, 1.54) is 56.6 Å². The lowest BCUT2D eigenvalue weighted by Gasteiger charge is -2.31. The van der Waals surface area contributed by atoms with E-state index in [2.05, 4.69) is 55.4 Å². The number of unbranched alkanes of at least 4 members (excludes halogenated alkanes) is 5. The van der Waals surface area contributed by atoms with E-state index in [1.54, 1.807) is 12.1 Å². The van der Waals surface area contributed by atoms with Crippen LogP contribution in [-0.4, -0.2) is 195 Å². The molecule has 2 aromatic carbocycles. The maximum Gasteiger partial charge on any atom is 0.490 e. The maximum absolute atomic E-state index is 14.0. The molecule has 0 saturated carbocycles. The van der Waals surface area contributed by atoms with E-state index in [1.807, 2.05) is 70.3 Å². The first-order valence-corrected chi connectivity index (χ1v) is 45.5. The molecule has 38 nitrogen and oxygen atoms in total. The summed E-state index contributed by atoms with van der Waals surface area (Å²) < 4.78 is 123. The molecule has 15 N–H and O–H groups in total. The zero-order valence-corrected chi connectivity index (χ0v) is 68.4. The number of phosphoric acid groups is 3. The molecule has 3 amide bonds. The molecule has 9 atom stereocenters. The van der Waals surface area contributed by atoms with Gasteiger partial charge in [0, 0.05) is 104 Å². The van der Waals surface area contributed by atoms with Gasteiger partial charge in [-0.05, 0) is 86.2 Å². The van der Waals surface area contributed by atoms with Crippen molar-refractivity contribution in [2.24, 2.45) is 0 Å². The Morgan fingerprint density at radius 2 is 1.34 bits per heavy atom. The number of nitrogens with zero attached hydrogens (tertiary/aromatic N) is 5. The van der Waals surface area contributed by atoms with Gasteiger partial charge in [0.15, 0.2) is 5.78 Å². The number of aromatic nitrogens is 3. The van der Waals surface area contributed by atoms with E-state index in [0.717, 1.165) is 23.3 Å². The fourth-order valence-electron chi connectivity index (χ4n) is 13.2. The van der Waals surface area contributed by atoms with Crippen molar-refractivity contribution in [3.63, 3.8) is 0 Å². The number of rotatable bonds is 45. The van der Waals surface area contributed by atoms with Crippen molar-refractivity contribution in [1.82, 2.24) is 30.5 Å². The number of nitrogens with one attached hydrogen (secondary N) is 3. The molecule has 7 unspecified atom stereocenters. The van der Waals surface area contributed by atoms with Gasteiger partial charge >= 0.3 is 41.4 Å². The second-order valence-corrected chi connectivity index (χ2v) is 37.7. The molecule has 45 heteroatoms. The van der Waals surface area contributed by atoms with E-state index in [0.29, 0.717) is 74.2 Å². The number of hydrogen-bond donors (Lipinski definition) is 14. The lowest BCUT2D eigenvalue weighted by Crippen LogP contribution is -2.52. The van der Waals surface area contributed by atoms with Gasteiger partial charge in [0.2, 0.25) is 17.7 Å². The number of allylic oxidation sites excluding steroid dienone is 5. The smallest absolute Gasteiger partial charge is 0.481 e. The van der Waals surface area contributed by atoms with Crippen LogP contribution in [0.25, 0.3) is 11.0 Å². The number of carboxylic acids is 3. The normalized spacial score (nSPS) is 19.5. The monoisotopic (exact) mass is 1730 g/mol. The highest BCUT2D eigenvalue weighted by atomic mass is 33.1. The minimum absolute atomic E-state index is 0.00309. The van der Waals surface area contributed by atoms with Gasteiger partial charge in [0.25, 0.3) is 20.2 Å². The molecule has 1 saturated heterocycles. The van der Waals surface area contributed by atoms with Crippen LogP contribution in [0.2, 0.25) is 0 Å². The third kappa shape index (κ3) is 26.6. The number of aliphatic hydroxyl groups is 1. The van der Waals surface area contributed by atoms with Crippen molar-refractivity contribution in [2.45, 2.75) is 201 Å². The van der Waals surface area contributed by atoms with Crippen molar-refractivity contribution in [3.8, 4) is 11.8 Å². The number of aliphatic carboxylic acids is 3. The summed E-state index contributed by atoms with van der Waals surface area (Å²) in [6, 6.07) is 4.15. The molecule has 3 aliphatic rings. The molecular weight excluding hydrogens is 1640 g/mol. The molecule has 3 aliphatic heterocycles. The third-order valence-corrected chi connectivity index (χ3v) is 26.6. The Kier molecular flexibility index (Phi) is 33.1. The Morgan fingerprint density at radius 1 is 0.737 bits per heavy atom. The summed E-state index contributed by atoms with van der Waals surface area (Å²) in [5.41, 5.74) is 9.12. The lowest BCUT2D eigenvalue weighted by atomic mass is 9.80. The summed E-state index contributed by atoms with van der Waals surface area (Å²) in [6.07, 6.45) is 9.04. The molecule has 0 spiro atoms. The number of anilines is 3. The fraction of sp³-hybridized carbons (Fsp3) is 0.507. The number of hydrogen-bond acceptors (Lipinski definition) is 27. The van der Waals surface area contributed by atoms with Crippen molar-refractivity contribution < 1.29 is 136 Å². The number of amides is 3. The third-order valence-electron chi connectivity index (χ3n) is 18.7. The number of ether oxygens (including phenoxy) is 1. The predicted octanol–water partition coefficient (Wildman–Crippen LogP) is 6.91. The molecule has 5 heterocycles. The summed E-state index contributed by atoms with van der Waals surface area (Å²) in [5.74, 6) is -1.32. The summed E-state index contributed by atoms with van der Waals surface area (Å²) >= 11 is 0. The van der Waals surface area contributed by atoms with E-state index in [9.17, 15) is 103 Å². The molecule has 1 fully saturated rings. The lowest BCUT2D eigenvalue weighted by molar-refractivity contribution is -0.148. The summed E-state index contributed by atoms with van der Waals surface area (Å²) in [5, 5.41) is 45.9. The summed E-state index contributed by atoms with van der Waals surface area (Å²) in [4.78, 5) is 150. The van der Waals surface area contributed by atoms with Gasteiger partial charge in [0.05, 0.1) is 58.4 Å². The Labute approximate surface area is 664 Å². The number of nitrogen functional groups attached to an aromatic ring is 1. The van der Waals surface area contributed by atoms with Crippen LogP contribution in [-0.2, 0) is 101 Å². The van der Waals surface area contributed by atoms with Crippen LogP contribution < -0.4 is 31.5 Å². The molecule has 4 aromatic rings. The van der Waals surface area contributed by atoms with Gasteiger partial charge in [-0.25, -0.2) is 28.5 Å². The van der Waals surface area contributed by atoms with E-state index < -0.39 is 146 Å². The maximum atomic E-state index is 14.0. The van der Waals surface area contributed by atoms with Crippen LogP contribution in [0, 0.1) is 11.8 Å². The van der Waals surface area contributed by atoms with Gasteiger partial charge < -0.3 is 80.8 Å². The molecule has 626 valence electrons. The zero-order valence-electron chi connectivity index (χ0n) is 62.4. The highest BCUT2D eigenvalue weighted by Crippen LogP contribution is 2.66. The van der Waals surface area contributed by atoms with Crippen LogP contribution in [0.3, 0.4) is 0 Å². The van der Waals surface area contributed by atoms with Gasteiger partial charge in [-0.1, -0.05) is 105 Å². The quantitative estimate of drug-likeness (QED) is 0.00533. The topological polar surface area (TPSA) is 595 Å².